The zero-order chi connectivity index (χ0) is 15.6. The first-order valence-electron chi connectivity index (χ1n) is 7.82. The zero-order valence-corrected chi connectivity index (χ0v) is 13.1. The van der Waals surface area contributed by atoms with E-state index in [1.807, 2.05) is 20.8 Å². The molecule has 118 valence electrons. The third kappa shape index (κ3) is 3.19. The lowest BCUT2D eigenvalue weighted by Gasteiger charge is -2.30. The molecule has 0 aromatic carbocycles. The van der Waals surface area contributed by atoms with Gasteiger partial charge in [0, 0.05) is 6.42 Å². The third-order valence-electron chi connectivity index (χ3n) is 4.75. The topological polar surface area (TPSA) is 78.5 Å². The van der Waals surface area contributed by atoms with E-state index in [2.05, 4.69) is 10.7 Å². The molecule has 1 saturated heterocycles. The standard InChI is InChI=1S/C15H25N3O3/c1-10(2)11(3)9-12(19)17-18-13(20)15(16-14(18)21)7-5-4-6-8-15/h10-11H,4-9H2,1-3H3,(H,16,21)(H,17,19)/t11-/m0/s1. The fourth-order valence-electron chi connectivity index (χ4n) is 2.91. The Labute approximate surface area is 125 Å². The summed E-state index contributed by atoms with van der Waals surface area (Å²) in [6.07, 6.45) is 4.57. The summed E-state index contributed by atoms with van der Waals surface area (Å²) in [6.45, 7) is 6.07. The molecule has 1 saturated carbocycles. The maximum absolute atomic E-state index is 12.5. The van der Waals surface area contributed by atoms with Crippen LogP contribution < -0.4 is 10.7 Å². The molecule has 6 heteroatoms. The molecule has 1 spiro atoms. The Hall–Kier alpha value is -1.59. The summed E-state index contributed by atoms with van der Waals surface area (Å²) in [5.74, 6) is -0.0109. The first kappa shape index (κ1) is 15.8. The molecule has 1 aliphatic heterocycles. The molecule has 0 radical (unpaired) electrons. The number of imide groups is 1. The van der Waals surface area contributed by atoms with Crippen LogP contribution in [0.5, 0.6) is 0 Å². The number of hydrogen-bond donors (Lipinski definition) is 2. The molecule has 0 aromatic rings. The Morgan fingerprint density at radius 3 is 2.43 bits per heavy atom. The van der Waals surface area contributed by atoms with Gasteiger partial charge in [0.05, 0.1) is 0 Å². The number of urea groups is 1. The van der Waals surface area contributed by atoms with Gasteiger partial charge < -0.3 is 5.32 Å². The molecule has 1 atom stereocenters. The van der Waals surface area contributed by atoms with Crippen LogP contribution in [0.3, 0.4) is 0 Å². The summed E-state index contributed by atoms with van der Waals surface area (Å²) in [7, 11) is 0. The van der Waals surface area contributed by atoms with Gasteiger partial charge in [-0.05, 0) is 24.7 Å². The normalized spacial score (nSPS) is 22.6. The minimum atomic E-state index is -0.785. The number of hydrogen-bond acceptors (Lipinski definition) is 3. The summed E-state index contributed by atoms with van der Waals surface area (Å²) in [6, 6.07) is -0.507. The van der Waals surface area contributed by atoms with Crippen LogP contribution in [0, 0.1) is 11.8 Å². The van der Waals surface area contributed by atoms with Crippen LogP contribution in [-0.4, -0.2) is 28.4 Å². The molecule has 4 amide bonds. The number of amides is 4. The maximum Gasteiger partial charge on any atom is 0.344 e. The van der Waals surface area contributed by atoms with Crippen molar-refractivity contribution in [1.82, 2.24) is 15.8 Å². The third-order valence-corrected chi connectivity index (χ3v) is 4.75. The Balaban J connectivity index is 1.99. The Bertz CT molecular complexity index is 441. The van der Waals surface area contributed by atoms with Crippen molar-refractivity contribution < 1.29 is 14.4 Å². The number of rotatable bonds is 4. The number of carbonyl (C=O) groups is 3. The number of hydrazine groups is 1. The van der Waals surface area contributed by atoms with E-state index in [-0.39, 0.29) is 17.7 Å². The van der Waals surface area contributed by atoms with Crippen LogP contribution in [0.4, 0.5) is 4.79 Å². The van der Waals surface area contributed by atoms with Crippen molar-refractivity contribution >= 4 is 17.8 Å². The van der Waals surface area contributed by atoms with Crippen LogP contribution in [0.25, 0.3) is 0 Å². The number of nitrogens with one attached hydrogen (secondary N) is 2. The van der Waals surface area contributed by atoms with E-state index in [0.717, 1.165) is 24.3 Å². The minimum absolute atomic E-state index is 0.203. The molecule has 2 aliphatic rings. The first-order chi connectivity index (χ1) is 9.85. The van der Waals surface area contributed by atoms with Crippen molar-refractivity contribution in [1.29, 1.82) is 0 Å². The van der Waals surface area contributed by atoms with Crippen LogP contribution >= 0.6 is 0 Å². The van der Waals surface area contributed by atoms with Gasteiger partial charge in [-0.25, -0.2) is 4.79 Å². The van der Waals surface area contributed by atoms with E-state index in [1.165, 1.54) is 0 Å². The predicted molar refractivity (Wildman–Crippen MR) is 78.0 cm³/mol. The molecule has 2 rings (SSSR count). The van der Waals surface area contributed by atoms with E-state index in [1.54, 1.807) is 0 Å². The van der Waals surface area contributed by atoms with Crippen LogP contribution in [0.1, 0.15) is 59.3 Å². The van der Waals surface area contributed by atoms with Gasteiger partial charge in [-0.2, -0.15) is 5.01 Å². The quantitative estimate of drug-likeness (QED) is 0.778. The summed E-state index contributed by atoms with van der Waals surface area (Å²) in [4.78, 5) is 36.5. The van der Waals surface area contributed by atoms with Gasteiger partial charge in [0.1, 0.15) is 5.54 Å². The van der Waals surface area contributed by atoms with E-state index in [9.17, 15) is 14.4 Å². The van der Waals surface area contributed by atoms with Crippen molar-refractivity contribution in [2.75, 3.05) is 0 Å². The highest BCUT2D eigenvalue weighted by atomic mass is 16.2. The molecule has 6 nitrogen and oxygen atoms in total. The summed E-state index contributed by atoms with van der Waals surface area (Å²) in [5.41, 5.74) is 1.68. The average Bonchev–Trinajstić information content (AvgIpc) is 2.64. The van der Waals surface area contributed by atoms with Crippen molar-refractivity contribution in [3.8, 4) is 0 Å². The number of carbonyl (C=O) groups excluding carboxylic acids is 3. The molecular weight excluding hydrogens is 270 g/mol. The largest absolute Gasteiger partial charge is 0.344 e. The molecule has 0 bridgehead atoms. The molecule has 2 fully saturated rings. The highest BCUT2D eigenvalue weighted by Gasteiger charge is 2.52. The van der Waals surface area contributed by atoms with Crippen molar-refractivity contribution in [2.24, 2.45) is 11.8 Å². The SMILES string of the molecule is CC(C)[C@@H](C)CC(=O)NN1C(=O)NC2(CCCCC2)C1=O. The highest BCUT2D eigenvalue weighted by Crippen LogP contribution is 2.33. The smallest absolute Gasteiger partial charge is 0.322 e. The van der Waals surface area contributed by atoms with Crippen LogP contribution in [0.15, 0.2) is 0 Å². The van der Waals surface area contributed by atoms with E-state index in [4.69, 9.17) is 0 Å². The van der Waals surface area contributed by atoms with E-state index >= 15 is 0 Å². The van der Waals surface area contributed by atoms with Gasteiger partial charge in [-0.1, -0.05) is 40.0 Å². The van der Waals surface area contributed by atoms with Crippen molar-refractivity contribution in [3.63, 3.8) is 0 Å². The predicted octanol–water partition coefficient (Wildman–Crippen LogP) is 1.95. The van der Waals surface area contributed by atoms with Gasteiger partial charge >= 0.3 is 6.03 Å². The van der Waals surface area contributed by atoms with E-state index < -0.39 is 11.6 Å². The summed E-state index contributed by atoms with van der Waals surface area (Å²) in [5, 5.41) is 3.65. The second-order valence-electron chi connectivity index (χ2n) is 6.67. The average molecular weight is 295 g/mol. The summed E-state index contributed by atoms with van der Waals surface area (Å²) >= 11 is 0. The Morgan fingerprint density at radius 1 is 1.24 bits per heavy atom. The van der Waals surface area contributed by atoms with Crippen LogP contribution in [0.2, 0.25) is 0 Å². The van der Waals surface area contributed by atoms with Gasteiger partial charge in [-0.15, -0.1) is 0 Å². The molecule has 2 N–H and O–H groups in total. The van der Waals surface area contributed by atoms with Gasteiger partial charge in [0.15, 0.2) is 0 Å². The molecule has 0 aromatic heterocycles. The Kier molecular flexibility index (Phi) is 4.54. The fourth-order valence-corrected chi connectivity index (χ4v) is 2.91. The monoisotopic (exact) mass is 295 g/mol. The molecule has 1 aliphatic carbocycles. The molecule has 21 heavy (non-hydrogen) atoms. The number of nitrogens with zero attached hydrogens (tertiary/aromatic N) is 1. The molecular formula is C15H25N3O3. The molecule has 1 heterocycles. The van der Waals surface area contributed by atoms with Gasteiger partial charge in [0.2, 0.25) is 5.91 Å². The van der Waals surface area contributed by atoms with Crippen molar-refractivity contribution in [2.45, 2.75) is 64.8 Å². The van der Waals surface area contributed by atoms with Crippen LogP contribution in [-0.2, 0) is 9.59 Å². The fraction of sp³-hybridized carbons (Fsp3) is 0.800. The highest BCUT2D eigenvalue weighted by molar-refractivity contribution is 6.07. The first-order valence-corrected chi connectivity index (χ1v) is 7.82. The maximum atomic E-state index is 12.5. The second kappa shape index (κ2) is 6.03. The van der Waals surface area contributed by atoms with Crippen molar-refractivity contribution in [3.05, 3.63) is 0 Å². The lowest BCUT2D eigenvalue weighted by Crippen LogP contribution is -2.51. The lowest BCUT2D eigenvalue weighted by atomic mass is 9.82. The zero-order valence-electron chi connectivity index (χ0n) is 13.1. The van der Waals surface area contributed by atoms with Gasteiger partial charge in [0.25, 0.3) is 5.91 Å². The Morgan fingerprint density at radius 2 is 1.86 bits per heavy atom. The minimum Gasteiger partial charge on any atom is -0.322 e. The lowest BCUT2D eigenvalue weighted by molar-refractivity contribution is -0.140. The summed E-state index contributed by atoms with van der Waals surface area (Å²) < 4.78 is 0. The second-order valence-corrected chi connectivity index (χ2v) is 6.67. The van der Waals surface area contributed by atoms with Gasteiger partial charge in [-0.3, -0.25) is 15.0 Å². The molecule has 0 unspecified atom stereocenters. The van der Waals surface area contributed by atoms with E-state index in [0.29, 0.717) is 25.2 Å².